The Morgan fingerprint density at radius 3 is 2.70 bits per heavy atom. The zero-order valence-corrected chi connectivity index (χ0v) is 27.2. The quantitative estimate of drug-likeness (QED) is 0.219. The van der Waals surface area contributed by atoms with Gasteiger partial charge in [0.15, 0.2) is 11.5 Å². The third-order valence-electron chi connectivity index (χ3n) is 9.23. The predicted octanol–water partition coefficient (Wildman–Crippen LogP) is 5.41. The largest absolute Gasteiger partial charge is 0.494 e. The van der Waals surface area contributed by atoms with Gasteiger partial charge in [0, 0.05) is 45.4 Å². The van der Waals surface area contributed by atoms with Gasteiger partial charge in [0.2, 0.25) is 0 Å². The molecular weight excluding hydrogens is 610 g/mol. The summed E-state index contributed by atoms with van der Waals surface area (Å²) in [7, 11) is 2.98. The Kier molecular flexibility index (Phi) is 8.16. The van der Waals surface area contributed by atoms with Gasteiger partial charge in [0.1, 0.15) is 22.8 Å². The van der Waals surface area contributed by atoms with Gasteiger partial charge in [-0.15, -0.1) is 0 Å². The summed E-state index contributed by atoms with van der Waals surface area (Å²) in [5, 5.41) is 0.559. The second-order valence-electron chi connectivity index (χ2n) is 12.1. The Hall–Kier alpha value is -4.06. The minimum atomic E-state index is -1.05. The Labute approximate surface area is 272 Å². The molecule has 2 saturated heterocycles. The second-order valence-corrected chi connectivity index (χ2v) is 12.5. The lowest BCUT2D eigenvalue weighted by atomic mass is 10.1. The molecule has 2 fully saturated rings. The van der Waals surface area contributed by atoms with Crippen LogP contribution in [0.1, 0.15) is 48.6 Å². The van der Waals surface area contributed by atoms with E-state index in [0.717, 1.165) is 67.4 Å². The fraction of sp³-hybridized carbons (Fsp3) is 0.441. The van der Waals surface area contributed by atoms with Crippen molar-refractivity contribution in [3.63, 3.8) is 0 Å². The second kappa shape index (κ2) is 12.3. The van der Waals surface area contributed by atoms with Crippen LogP contribution in [0.4, 0.5) is 5.69 Å². The number of para-hydroxylation sites is 1. The summed E-state index contributed by atoms with van der Waals surface area (Å²) in [6.07, 6.45) is 3.66. The number of imidazole rings is 1. The zero-order chi connectivity index (χ0) is 32.0. The molecule has 2 aromatic heterocycles. The molecule has 3 aliphatic heterocycles. The molecule has 4 aromatic rings. The van der Waals surface area contributed by atoms with Gasteiger partial charge in [-0.3, -0.25) is 9.88 Å². The number of fused-ring (bicyclic) bond motifs is 2. The van der Waals surface area contributed by atoms with Crippen molar-refractivity contribution in [2.75, 3.05) is 45.4 Å². The van der Waals surface area contributed by atoms with Crippen LogP contribution in [0, 0.1) is 0 Å². The normalized spacial score (nSPS) is 22.6. The van der Waals surface area contributed by atoms with Crippen molar-refractivity contribution in [3.8, 4) is 17.2 Å². The molecule has 0 unspecified atom stereocenters. The molecule has 0 bridgehead atoms. The first-order valence-electron chi connectivity index (χ1n) is 15.7. The van der Waals surface area contributed by atoms with Gasteiger partial charge in [-0.05, 0) is 49.2 Å². The van der Waals surface area contributed by atoms with Gasteiger partial charge in [0.25, 0.3) is 5.79 Å². The van der Waals surface area contributed by atoms with Crippen molar-refractivity contribution in [2.45, 2.75) is 57.7 Å². The summed E-state index contributed by atoms with van der Waals surface area (Å²) >= 11 is 6.08. The lowest BCUT2D eigenvalue weighted by Crippen LogP contribution is -2.53. The summed E-state index contributed by atoms with van der Waals surface area (Å²) in [5.74, 6) is 1.42. The molecular formula is C34H38ClN5O6. The number of halogens is 1. The van der Waals surface area contributed by atoms with Gasteiger partial charge in [-0.2, -0.15) is 0 Å². The van der Waals surface area contributed by atoms with E-state index in [1.54, 1.807) is 25.4 Å². The van der Waals surface area contributed by atoms with Crippen molar-refractivity contribution in [3.05, 3.63) is 70.8 Å². The Morgan fingerprint density at radius 1 is 1.15 bits per heavy atom. The van der Waals surface area contributed by atoms with Gasteiger partial charge in [-0.1, -0.05) is 24.6 Å². The number of benzene rings is 2. The summed E-state index contributed by atoms with van der Waals surface area (Å²) in [4.78, 5) is 26.9. The molecule has 12 heteroatoms. The van der Waals surface area contributed by atoms with E-state index < -0.39 is 11.8 Å². The molecule has 11 nitrogen and oxygen atoms in total. The van der Waals surface area contributed by atoms with E-state index >= 15 is 0 Å². The number of carbonyl (C=O) groups excluding carboxylic acids is 1. The van der Waals surface area contributed by atoms with Crippen molar-refractivity contribution in [1.82, 2.24) is 19.4 Å². The Bertz CT molecular complexity index is 1760. The highest BCUT2D eigenvalue weighted by Gasteiger charge is 2.42. The van der Waals surface area contributed by atoms with Crippen molar-refractivity contribution >= 4 is 34.3 Å². The molecule has 0 spiro atoms. The van der Waals surface area contributed by atoms with Crippen molar-refractivity contribution < 1.29 is 28.5 Å². The number of hydrogen-bond acceptors (Lipinski definition) is 10. The van der Waals surface area contributed by atoms with E-state index in [1.807, 2.05) is 31.2 Å². The van der Waals surface area contributed by atoms with Crippen molar-refractivity contribution in [2.24, 2.45) is 0 Å². The van der Waals surface area contributed by atoms with E-state index in [2.05, 4.69) is 32.3 Å². The molecule has 0 N–H and O–H groups in total. The average molecular weight is 648 g/mol. The first-order valence-corrected chi connectivity index (χ1v) is 16.1. The maximum atomic E-state index is 12.5. The molecule has 46 heavy (non-hydrogen) atoms. The van der Waals surface area contributed by atoms with Crippen LogP contribution < -0.4 is 19.1 Å². The van der Waals surface area contributed by atoms with E-state index in [1.165, 1.54) is 7.11 Å². The third-order valence-corrected chi connectivity index (χ3v) is 9.46. The number of piperazine rings is 1. The number of nitrogens with zero attached hydrogens (tertiary/aromatic N) is 5. The molecule has 0 aliphatic carbocycles. The average Bonchev–Trinajstić information content (AvgIpc) is 3.59. The molecule has 3 aliphatic rings. The highest BCUT2D eigenvalue weighted by Crippen LogP contribution is 2.49. The van der Waals surface area contributed by atoms with Crippen LogP contribution in [0.3, 0.4) is 0 Å². The number of methoxy groups -OCH3 is 2. The highest BCUT2D eigenvalue weighted by atomic mass is 35.5. The lowest BCUT2D eigenvalue weighted by Gasteiger charge is -2.42. The number of anilines is 1. The SMILES string of the molecule is CC[C@H]1CN(c2cccc3c2O[C@@](C)(c2ccc(Cl)cn2)O3)CCN1Cc1nc2c(OC)cc(C(=O)OC)cc2n1C[C@@H]1CCO1. The molecule has 0 amide bonds. The fourth-order valence-corrected chi connectivity index (χ4v) is 6.70. The number of esters is 1. The van der Waals surface area contributed by atoms with Crippen LogP contribution >= 0.6 is 11.6 Å². The number of aromatic nitrogens is 3. The number of rotatable bonds is 9. The monoisotopic (exact) mass is 647 g/mol. The summed E-state index contributed by atoms with van der Waals surface area (Å²) in [6.45, 7) is 8.60. The molecule has 2 aromatic carbocycles. The number of hydrogen-bond donors (Lipinski definition) is 0. The van der Waals surface area contributed by atoms with Crippen molar-refractivity contribution in [1.29, 1.82) is 0 Å². The van der Waals surface area contributed by atoms with Crippen LogP contribution in [-0.4, -0.2) is 78.0 Å². The van der Waals surface area contributed by atoms with E-state index in [4.69, 9.17) is 40.3 Å². The van der Waals surface area contributed by atoms with Gasteiger partial charge in [-0.25, -0.2) is 9.78 Å². The first kappa shape index (κ1) is 30.6. The van der Waals surface area contributed by atoms with Crippen LogP contribution in [-0.2, 0) is 28.4 Å². The Balaban J connectivity index is 1.15. The van der Waals surface area contributed by atoms with Crippen LogP contribution in [0.25, 0.3) is 11.0 Å². The van der Waals surface area contributed by atoms with Gasteiger partial charge < -0.3 is 33.2 Å². The van der Waals surface area contributed by atoms with E-state index in [-0.39, 0.29) is 12.1 Å². The van der Waals surface area contributed by atoms with Gasteiger partial charge in [0.05, 0.1) is 55.2 Å². The topological polar surface area (TPSA) is 100 Å². The van der Waals surface area contributed by atoms with E-state index in [9.17, 15) is 4.79 Å². The summed E-state index contributed by atoms with van der Waals surface area (Å²) in [5.41, 5.74) is 3.65. The molecule has 3 atom stereocenters. The Morgan fingerprint density at radius 2 is 2.00 bits per heavy atom. The maximum Gasteiger partial charge on any atom is 0.338 e. The highest BCUT2D eigenvalue weighted by molar-refractivity contribution is 6.30. The smallest absolute Gasteiger partial charge is 0.338 e. The molecule has 7 rings (SSSR count). The summed E-state index contributed by atoms with van der Waals surface area (Å²) in [6, 6.07) is 13.5. The lowest BCUT2D eigenvalue weighted by molar-refractivity contribution is -0.0716. The third kappa shape index (κ3) is 5.50. The minimum absolute atomic E-state index is 0.110. The van der Waals surface area contributed by atoms with Gasteiger partial charge >= 0.3 is 5.97 Å². The molecule has 5 heterocycles. The predicted molar refractivity (Wildman–Crippen MR) is 173 cm³/mol. The summed E-state index contributed by atoms with van der Waals surface area (Å²) < 4.78 is 31.5. The zero-order valence-electron chi connectivity index (χ0n) is 26.5. The number of carbonyl (C=O) groups is 1. The van der Waals surface area contributed by atoms with E-state index in [0.29, 0.717) is 40.9 Å². The van der Waals surface area contributed by atoms with Crippen LogP contribution in [0.15, 0.2) is 48.7 Å². The minimum Gasteiger partial charge on any atom is -0.494 e. The molecule has 0 saturated carbocycles. The molecule has 0 radical (unpaired) electrons. The first-order chi connectivity index (χ1) is 22.3. The van der Waals surface area contributed by atoms with Crippen LogP contribution in [0.2, 0.25) is 5.02 Å². The van der Waals surface area contributed by atoms with Crippen LogP contribution in [0.5, 0.6) is 17.2 Å². The maximum absolute atomic E-state index is 12.5. The standard InChI is InChI=1S/C34H38ClN5O6/c1-5-23-18-39(25-7-6-8-27-32(25)46-34(2,45-27)29-10-9-22(35)17-36-29)13-12-38(23)20-30-37-31-26(40(30)19-24-11-14-44-24)15-21(33(41)43-4)16-28(31)42-3/h6-10,15-17,23-24H,5,11-14,18-20H2,1-4H3/t23-,24-,34-/m0/s1. The molecule has 242 valence electrons. The fourth-order valence-electron chi connectivity index (χ4n) is 6.59. The number of pyridine rings is 1. The number of ether oxygens (including phenoxy) is 5.